The first-order valence-corrected chi connectivity index (χ1v) is 4.70. The number of aromatic amines is 1. The minimum absolute atomic E-state index is 0.0590. The quantitative estimate of drug-likeness (QED) is 0.819. The summed E-state index contributed by atoms with van der Waals surface area (Å²) in [4.78, 5) is 13.7. The van der Waals surface area contributed by atoms with Crippen LogP contribution in [0, 0.1) is 23.0 Å². The summed E-state index contributed by atoms with van der Waals surface area (Å²) in [6.07, 6.45) is 0. The van der Waals surface area contributed by atoms with Crippen molar-refractivity contribution in [3.63, 3.8) is 0 Å². The van der Waals surface area contributed by atoms with Crippen LogP contribution in [0.4, 0.5) is 8.78 Å². The lowest BCUT2D eigenvalue weighted by Crippen LogP contribution is -2.10. The molecule has 0 atom stereocenters. The van der Waals surface area contributed by atoms with Gasteiger partial charge in [0.1, 0.15) is 23.3 Å². The van der Waals surface area contributed by atoms with E-state index in [9.17, 15) is 13.6 Å². The Morgan fingerprint density at radius 2 is 1.94 bits per heavy atom. The van der Waals surface area contributed by atoms with Crippen LogP contribution in [0.1, 0.15) is 5.56 Å². The molecule has 0 bridgehead atoms. The van der Waals surface area contributed by atoms with Crippen LogP contribution in [-0.2, 0) is 0 Å². The number of nitrogens with zero attached hydrogens (tertiary/aromatic N) is 1. The molecule has 0 aliphatic heterocycles. The van der Waals surface area contributed by atoms with Gasteiger partial charge in [-0.2, -0.15) is 5.26 Å². The Morgan fingerprint density at radius 3 is 2.53 bits per heavy atom. The number of hydrogen-bond donors (Lipinski definition) is 1. The average Bonchev–Trinajstić information content (AvgIpc) is 2.29. The predicted octanol–water partition coefficient (Wildman–Crippen LogP) is 2.19. The van der Waals surface area contributed by atoms with Gasteiger partial charge in [0, 0.05) is 11.6 Å². The van der Waals surface area contributed by atoms with Crippen molar-refractivity contribution in [3.05, 3.63) is 57.9 Å². The lowest BCUT2D eigenvalue weighted by molar-refractivity contribution is 0.585. The fourth-order valence-corrected chi connectivity index (χ4v) is 1.43. The van der Waals surface area contributed by atoms with E-state index < -0.39 is 17.2 Å². The van der Waals surface area contributed by atoms with Crippen LogP contribution in [0.2, 0.25) is 0 Å². The van der Waals surface area contributed by atoms with Gasteiger partial charge in [-0.1, -0.05) is 0 Å². The molecular formula is C12H6F2N2O. The zero-order valence-electron chi connectivity index (χ0n) is 8.50. The summed E-state index contributed by atoms with van der Waals surface area (Å²) < 4.78 is 26.1. The number of aromatic nitrogens is 1. The molecule has 0 aliphatic rings. The van der Waals surface area contributed by atoms with Crippen LogP contribution in [-0.4, -0.2) is 4.98 Å². The summed E-state index contributed by atoms with van der Waals surface area (Å²) in [7, 11) is 0. The molecule has 0 radical (unpaired) electrons. The highest BCUT2D eigenvalue weighted by Crippen LogP contribution is 2.20. The molecule has 1 heterocycles. The molecular weight excluding hydrogens is 226 g/mol. The fourth-order valence-electron chi connectivity index (χ4n) is 1.43. The van der Waals surface area contributed by atoms with Gasteiger partial charge >= 0.3 is 0 Å². The molecule has 0 aliphatic carbocycles. The topological polar surface area (TPSA) is 56.6 Å². The Kier molecular flexibility index (Phi) is 2.71. The van der Waals surface area contributed by atoms with Crippen LogP contribution < -0.4 is 5.56 Å². The van der Waals surface area contributed by atoms with E-state index in [1.165, 1.54) is 18.2 Å². The summed E-state index contributed by atoms with van der Waals surface area (Å²) in [5, 5.41) is 8.58. The van der Waals surface area contributed by atoms with E-state index in [0.717, 1.165) is 12.1 Å². The first-order valence-electron chi connectivity index (χ1n) is 4.70. The largest absolute Gasteiger partial charge is 0.321 e. The maximum atomic E-state index is 13.4. The molecule has 0 amide bonds. The van der Waals surface area contributed by atoms with Crippen molar-refractivity contribution in [3.8, 4) is 17.3 Å². The Balaban J connectivity index is 2.58. The standard InChI is InChI=1S/C12H6F2N2O/c13-8-2-3-9(10(14)5-8)11-4-1-7(6-15)12(17)16-11/h1-5H,(H,16,17). The smallest absolute Gasteiger partial charge is 0.266 e. The van der Waals surface area contributed by atoms with Crippen molar-refractivity contribution in [2.75, 3.05) is 0 Å². The normalized spacial score (nSPS) is 9.94. The van der Waals surface area contributed by atoms with Crippen LogP contribution in [0.5, 0.6) is 0 Å². The Hall–Kier alpha value is -2.48. The zero-order chi connectivity index (χ0) is 12.4. The van der Waals surface area contributed by atoms with Gasteiger partial charge in [-0.05, 0) is 24.3 Å². The van der Waals surface area contributed by atoms with E-state index in [0.29, 0.717) is 0 Å². The lowest BCUT2D eigenvalue weighted by atomic mass is 10.1. The molecule has 84 valence electrons. The van der Waals surface area contributed by atoms with E-state index in [1.54, 1.807) is 6.07 Å². The van der Waals surface area contributed by atoms with Crippen molar-refractivity contribution in [1.82, 2.24) is 4.98 Å². The number of hydrogen-bond acceptors (Lipinski definition) is 2. The summed E-state index contributed by atoms with van der Waals surface area (Å²) >= 11 is 0. The van der Waals surface area contributed by atoms with Gasteiger partial charge in [-0.25, -0.2) is 8.78 Å². The highest BCUT2D eigenvalue weighted by molar-refractivity contribution is 5.60. The molecule has 1 aromatic heterocycles. The van der Waals surface area contributed by atoms with E-state index in [4.69, 9.17) is 5.26 Å². The third-order valence-electron chi connectivity index (χ3n) is 2.25. The third kappa shape index (κ3) is 2.06. The molecule has 0 unspecified atom stereocenters. The first-order chi connectivity index (χ1) is 8.11. The zero-order valence-corrected chi connectivity index (χ0v) is 8.50. The minimum Gasteiger partial charge on any atom is -0.321 e. The number of halogens is 2. The molecule has 1 aromatic carbocycles. The van der Waals surface area contributed by atoms with E-state index in [1.807, 2.05) is 0 Å². The van der Waals surface area contributed by atoms with E-state index in [-0.39, 0.29) is 16.8 Å². The number of nitrogens with one attached hydrogen (secondary N) is 1. The summed E-state index contributed by atoms with van der Waals surface area (Å²) in [6.45, 7) is 0. The minimum atomic E-state index is -0.773. The monoisotopic (exact) mass is 232 g/mol. The van der Waals surface area contributed by atoms with Gasteiger partial charge in [-0.15, -0.1) is 0 Å². The van der Waals surface area contributed by atoms with Gasteiger partial charge in [0.2, 0.25) is 0 Å². The van der Waals surface area contributed by atoms with Crippen LogP contribution in [0.25, 0.3) is 11.3 Å². The number of pyridine rings is 1. The second kappa shape index (κ2) is 4.18. The Labute approximate surface area is 95.0 Å². The SMILES string of the molecule is N#Cc1ccc(-c2ccc(F)cc2F)[nH]c1=O. The highest BCUT2D eigenvalue weighted by Gasteiger charge is 2.08. The second-order valence-electron chi connectivity index (χ2n) is 3.35. The lowest BCUT2D eigenvalue weighted by Gasteiger charge is -2.03. The Bertz CT molecular complexity index is 671. The van der Waals surface area contributed by atoms with Gasteiger partial charge in [0.25, 0.3) is 5.56 Å². The van der Waals surface area contributed by atoms with Crippen LogP contribution in [0.15, 0.2) is 35.1 Å². The van der Waals surface area contributed by atoms with E-state index >= 15 is 0 Å². The molecule has 0 saturated heterocycles. The van der Waals surface area contributed by atoms with Gasteiger partial charge in [0.05, 0.1) is 5.69 Å². The molecule has 5 heteroatoms. The number of H-pyrrole nitrogens is 1. The maximum Gasteiger partial charge on any atom is 0.266 e. The second-order valence-corrected chi connectivity index (χ2v) is 3.35. The Morgan fingerprint density at radius 1 is 1.18 bits per heavy atom. The predicted molar refractivity (Wildman–Crippen MR) is 57.1 cm³/mol. The number of nitriles is 1. The van der Waals surface area contributed by atoms with Crippen molar-refractivity contribution in [2.45, 2.75) is 0 Å². The molecule has 0 fully saturated rings. The van der Waals surface area contributed by atoms with Crippen molar-refractivity contribution in [1.29, 1.82) is 5.26 Å². The van der Waals surface area contributed by atoms with Gasteiger partial charge in [0.15, 0.2) is 0 Å². The molecule has 0 saturated carbocycles. The summed E-state index contributed by atoms with van der Waals surface area (Å²) in [5.41, 5.74) is -0.385. The molecule has 0 spiro atoms. The maximum absolute atomic E-state index is 13.4. The van der Waals surface area contributed by atoms with Crippen LogP contribution in [0.3, 0.4) is 0 Å². The molecule has 2 rings (SSSR count). The van der Waals surface area contributed by atoms with E-state index in [2.05, 4.69) is 4.98 Å². The van der Waals surface area contributed by atoms with Crippen molar-refractivity contribution in [2.24, 2.45) is 0 Å². The molecule has 1 N–H and O–H groups in total. The first kappa shape index (κ1) is 11.0. The fraction of sp³-hybridized carbons (Fsp3) is 0. The van der Waals surface area contributed by atoms with Crippen LogP contribution >= 0.6 is 0 Å². The average molecular weight is 232 g/mol. The molecule has 3 nitrogen and oxygen atoms in total. The molecule has 17 heavy (non-hydrogen) atoms. The third-order valence-corrected chi connectivity index (χ3v) is 2.25. The molecule has 2 aromatic rings. The summed E-state index contributed by atoms with van der Waals surface area (Å²) in [6, 6.07) is 7.43. The van der Waals surface area contributed by atoms with Gasteiger partial charge in [-0.3, -0.25) is 4.79 Å². The number of benzene rings is 1. The number of rotatable bonds is 1. The van der Waals surface area contributed by atoms with Crippen molar-refractivity contribution >= 4 is 0 Å². The van der Waals surface area contributed by atoms with Crippen molar-refractivity contribution < 1.29 is 8.78 Å². The van der Waals surface area contributed by atoms with Gasteiger partial charge < -0.3 is 4.98 Å². The highest BCUT2D eigenvalue weighted by atomic mass is 19.1. The summed E-state index contributed by atoms with van der Waals surface area (Å²) in [5.74, 6) is -1.47.